The third kappa shape index (κ3) is 6.58. The van der Waals surface area contributed by atoms with Gasteiger partial charge in [0.2, 0.25) is 0 Å². The van der Waals surface area contributed by atoms with Crippen LogP contribution in [-0.4, -0.2) is 12.2 Å². The summed E-state index contributed by atoms with van der Waals surface area (Å²) >= 11 is 0. The molecule has 2 atom stereocenters. The number of esters is 1. The summed E-state index contributed by atoms with van der Waals surface area (Å²) < 4.78 is 4.93. The van der Waals surface area contributed by atoms with E-state index in [4.69, 9.17) is 10.5 Å². The molecule has 0 spiro atoms. The van der Waals surface area contributed by atoms with Crippen molar-refractivity contribution in [3.05, 3.63) is 0 Å². The van der Waals surface area contributed by atoms with Gasteiger partial charge in [-0.05, 0) is 18.8 Å². The van der Waals surface area contributed by atoms with E-state index in [-0.39, 0.29) is 5.97 Å². The molecule has 0 aromatic heterocycles. The minimum absolute atomic E-state index is 0.172. The van der Waals surface area contributed by atoms with Crippen molar-refractivity contribution in [2.75, 3.05) is 0 Å². The van der Waals surface area contributed by atoms with Gasteiger partial charge >= 0.3 is 5.97 Å². The molecule has 0 heterocycles. The zero-order valence-electron chi connectivity index (χ0n) is 8.88. The smallest absolute Gasteiger partial charge is 0.307 e. The summed E-state index contributed by atoms with van der Waals surface area (Å²) in [6.45, 7) is 6.15. The van der Waals surface area contributed by atoms with E-state index in [1.165, 1.54) is 0 Å². The van der Waals surface area contributed by atoms with Crippen LogP contribution >= 0.6 is 0 Å². The van der Waals surface area contributed by atoms with Gasteiger partial charge in [-0.2, -0.15) is 0 Å². The second-order valence-corrected chi connectivity index (χ2v) is 3.49. The highest BCUT2D eigenvalue weighted by Gasteiger charge is 2.09. The number of ether oxygens (including phenoxy) is 1. The van der Waals surface area contributed by atoms with Gasteiger partial charge in [-0.1, -0.05) is 27.2 Å². The molecule has 0 aromatic carbocycles. The van der Waals surface area contributed by atoms with Gasteiger partial charge in [0.15, 0.2) is 6.23 Å². The first-order valence-electron chi connectivity index (χ1n) is 5.05. The van der Waals surface area contributed by atoms with Crippen molar-refractivity contribution in [3.63, 3.8) is 0 Å². The molecule has 0 fully saturated rings. The largest absolute Gasteiger partial charge is 0.447 e. The molecule has 13 heavy (non-hydrogen) atoms. The first-order chi connectivity index (χ1) is 6.10. The predicted octanol–water partition coefficient (Wildman–Crippen LogP) is 2.05. The molecule has 3 nitrogen and oxygen atoms in total. The van der Waals surface area contributed by atoms with Crippen molar-refractivity contribution in [1.29, 1.82) is 0 Å². The van der Waals surface area contributed by atoms with Gasteiger partial charge < -0.3 is 4.74 Å². The Morgan fingerprint density at radius 3 is 2.46 bits per heavy atom. The van der Waals surface area contributed by atoms with Gasteiger partial charge in [0.25, 0.3) is 0 Å². The Hall–Kier alpha value is -0.570. The normalized spacial score (nSPS) is 15.1. The number of carbonyl (C=O) groups is 1. The molecule has 3 heteroatoms. The molecule has 2 N–H and O–H groups in total. The Kier molecular flexibility index (Phi) is 6.59. The highest BCUT2D eigenvalue weighted by molar-refractivity contribution is 5.69. The van der Waals surface area contributed by atoms with Crippen LogP contribution in [-0.2, 0) is 9.53 Å². The van der Waals surface area contributed by atoms with Crippen molar-refractivity contribution in [1.82, 2.24) is 0 Å². The molecule has 0 aliphatic heterocycles. The lowest BCUT2D eigenvalue weighted by Crippen LogP contribution is -2.26. The molecule has 0 aliphatic carbocycles. The van der Waals surface area contributed by atoms with Crippen LogP contribution in [0.2, 0.25) is 0 Å². The fraction of sp³-hybridized carbons (Fsp3) is 0.900. The van der Waals surface area contributed by atoms with Crippen LogP contribution in [0.25, 0.3) is 0 Å². The highest BCUT2D eigenvalue weighted by atomic mass is 16.6. The Labute approximate surface area is 80.6 Å². The van der Waals surface area contributed by atoms with E-state index in [1.807, 2.05) is 6.92 Å². The molecule has 2 unspecified atom stereocenters. The van der Waals surface area contributed by atoms with Crippen LogP contribution in [0, 0.1) is 5.92 Å². The Morgan fingerprint density at radius 2 is 2.00 bits per heavy atom. The number of hydrogen-bond acceptors (Lipinski definition) is 3. The third-order valence-electron chi connectivity index (χ3n) is 2.22. The van der Waals surface area contributed by atoms with E-state index in [1.54, 1.807) is 0 Å². The molecule has 0 radical (unpaired) electrons. The van der Waals surface area contributed by atoms with Gasteiger partial charge in [0, 0.05) is 6.42 Å². The zero-order chi connectivity index (χ0) is 10.3. The van der Waals surface area contributed by atoms with E-state index in [0.717, 1.165) is 12.8 Å². The maximum atomic E-state index is 11.1. The average molecular weight is 187 g/mol. The summed E-state index contributed by atoms with van der Waals surface area (Å²) in [5.74, 6) is 0.417. The number of rotatable bonds is 6. The van der Waals surface area contributed by atoms with E-state index in [2.05, 4.69) is 13.8 Å². The predicted molar refractivity (Wildman–Crippen MR) is 53.0 cm³/mol. The number of carbonyl (C=O) groups excluding carboxylic acids is 1. The van der Waals surface area contributed by atoms with E-state index in [0.29, 0.717) is 18.8 Å². The fourth-order valence-corrected chi connectivity index (χ4v) is 0.879. The zero-order valence-corrected chi connectivity index (χ0v) is 8.88. The molecule has 0 rings (SSSR count). The second-order valence-electron chi connectivity index (χ2n) is 3.49. The van der Waals surface area contributed by atoms with Crippen LogP contribution in [0.4, 0.5) is 0 Å². The standard InChI is InChI=1S/C10H21NO2/c1-4-8(3)6-7-10(12)13-9(11)5-2/h8-9H,4-7,11H2,1-3H3. The molecule has 0 saturated carbocycles. The first-order valence-corrected chi connectivity index (χ1v) is 5.05. The van der Waals surface area contributed by atoms with Gasteiger partial charge in [-0.25, -0.2) is 0 Å². The van der Waals surface area contributed by atoms with Gasteiger partial charge in [-0.3, -0.25) is 10.5 Å². The van der Waals surface area contributed by atoms with E-state index in [9.17, 15) is 4.79 Å². The summed E-state index contributed by atoms with van der Waals surface area (Å²) in [6.07, 6.45) is 2.74. The van der Waals surface area contributed by atoms with E-state index < -0.39 is 6.23 Å². The van der Waals surface area contributed by atoms with Crippen LogP contribution in [0.1, 0.15) is 46.5 Å². The highest BCUT2D eigenvalue weighted by Crippen LogP contribution is 2.10. The molecular weight excluding hydrogens is 166 g/mol. The van der Waals surface area contributed by atoms with Crippen LogP contribution in [0.3, 0.4) is 0 Å². The second kappa shape index (κ2) is 6.89. The summed E-state index contributed by atoms with van der Waals surface area (Å²) in [5.41, 5.74) is 5.47. The van der Waals surface area contributed by atoms with Crippen molar-refractivity contribution >= 4 is 5.97 Å². The molecule has 0 aliphatic rings. The van der Waals surface area contributed by atoms with Gasteiger partial charge in [0.05, 0.1) is 0 Å². The van der Waals surface area contributed by atoms with Crippen molar-refractivity contribution < 1.29 is 9.53 Å². The Morgan fingerprint density at radius 1 is 1.38 bits per heavy atom. The molecule has 0 saturated heterocycles. The van der Waals surface area contributed by atoms with Crippen molar-refractivity contribution in [2.24, 2.45) is 11.7 Å². The van der Waals surface area contributed by atoms with Crippen molar-refractivity contribution in [3.8, 4) is 0 Å². The fourth-order valence-electron chi connectivity index (χ4n) is 0.879. The van der Waals surface area contributed by atoms with E-state index >= 15 is 0 Å². The topological polar surface area (TPSA) is 52.3 Å². The summed E-state index contributed by atoms with van der Waals surface area (Å²) in [4.78, 5) is 11.1. The molecule has 78 valence electrons. The van der Waals surface area contributed by atoms with Crippen molar-refractivity contribution in [2.45, 2.75) is 52.7 Å². The lowest BCUT2D eigenvalue weighted by atomic mass is 10.0. The van der Waals surface area contributed by atoms with Crippen LogP contribution < -0.4 is 5.73 Å². The molecule has 0 amide bonds. The summed E-state index contributed by atoms with van der Waals surface area (Å²) in [7, 11) is 0. The summed E-state index contributed by atoms with van der Waals surface area (Å²) in [6, 6.07) is 0. The maximum Gasteiger partial charge on any atom is 0.307 e. The summed E-state index contributed by atoms with van der Waals surface area (Å²) in [5, 5.41) is 0. The minimum Gasteiger partial charge on any atom is -0.447 e. The Bertz CT molecular complexity index is 148. The lowest BCUT2D eigenvalue weighted by Gasteiger charge is -2.12. The monoisotopic (exact) mass is 187 g/mol. The van der Waals surface area contributed by atoms with Gasteiger partial charge in [-0.15, -0.1) is 0 Å². The SMILES string of the molecule is CCC(C)CCC(=O)OC(N)CC. The molecule has 0 bridgehead atoms. The maximum absolute atomic E-state index is 11.1. The first kappa shape index (κ1) is 12.4. The minimum atomic E-state index is -0.426. The number of hydrogen-bond donors (Lipinski definition) is 1. The Balaban J connectivity index is 3.51. The van der Waals surface area contributed by atoms with Crippen LogP contribution in [0.5, 0.6) is 0 Å². The van der Waals surface area contributed by atoms with Gasteiger partial charge in [0.1, 0.15) is 0 Å². The molecule has 0 aromatic rings. The average Bonchev–Trinajstić information content (AvgIpc) is 2.13. The lowest BCUT2D eigenvalue weighted by molar-refractivity contribution is -0.149. The van der Waals surface area contributed by atoms with Crippen LogP contribution in [0.15, 0.2) is 0 Å². The third-order valence-corrected chi connectivity index (χ3v) is 2.22. The quantitative estimate of drug-likeness (QED) is 0.511. The molecular formula is C10H21NO2. The number of nitrogens with two attached hydrogens (primary N) is 1.